The zero-order valence-electron chi connectivity index (χ0n) is 18.6. The Morgan fingerprint density at radius 1 is 0.970 bits per heavy atom. The minimum Gasteiger partial charge on any atom is -0.507 e. The third-order valence-corrected chi connectivity index (χ3v) is 5.59. The number of carbonyl (C=O) groups is 2. The van der Waals surface area contributed by atoms with Crippen LogP contribution in [0.4, 0.5) is 5.69 Å². The summed E-state index contributed by atoms with van der Waals surface area (Å²) < 4.78 is 21.4. The lowest BCUT2D eigenvalue weighted by atomic mass is 9.96. The van der Waals surface area contributed by atoms with Gasteiger partial charge < -0.3 is 23.7 Å². The van der Waals surface area contributed by atoms with E-state index in [-0.39, 0.29) is 11.3 Å². The summed E-state index contributed by atoms with van der Waals surface area (Å²) in [5, 5.41) is 11.2. The number of ketones is 1. The standard InChI is InChI=1S/C25H23NO7/c1-14-12-16(30-2)8-9-17(14)23(27)21-22(19-6-5-11-33-19)26(25(29)24(21)28)15-7-10-18(31-3)20(13-15)32-4/h5-13,22,27H,1-4H3/b23-21-. The Balaban J connectivity index is 1.91. The lowest BCUT2D eigenvalue weighted by Gasteiger charge is -2.24. The summed E-state index contributed by atoms with van der Waals surface area (Å²) in [5.41, 5.74) is 1.42. The molecule has 1 aliphatic heterocycles. The Morgan fingerprint density at radius 2 is 1.73 bits per heavy atom. The van der Waals surface area contributed by atoms with E-state index in [9.17, 15) is 14.7 Å². The molecule has 4 rings (SSSR count). The maximum Gasteiger partial charge on any atom is 0.300 e. The molecule has 1 fully saturated rings. The molecule has 2 aromatic carbocycles. The Kier molecular flexibility index (Phi) is 5.83. The van der Waals surface area contributed by atoms with E-state index in [4.69, 9.17) is 18.6 Å². The highest BCUT2D eigenvalue weighted by Crippen LogP contribution is 2.44. The molecular formula is C25H23NO7. The molecule has 0 spiro atoms. The van der Waals surface area contributed by atoms with Crippen molar-refractivity contribution in [2.45, 2.75) is 13.0 Å². The zero-order chi connectivity index (χ0) is 23.7. The first-order valence-corrected chi connectivity index (χ1v) is 10.1. The molecule has 0 bridgehead atoms. The topological polar surface area (TPSA) is 98.4 Å². The normalized spacial score (nSPS) is 17.3. The predicted octanol–water partition coefficient (Wildman–Crippen LogP) is 4.24. The van der Waals surface area contributed by atoms with Gasteiger partial charge in [-0.05, 0) is 55.0 Å². The van der Waals surface area contributed by atoms with E-state index in [1.165, 1.54) is 25.4 Å². The highest BCUT2D eigenvalue weighted by Gasteiger charge is 2.48. The van der Waals surface area contributed by atoms with Gasteiger partial charge in [0, 0.05) is 17.3 Å². The van der Waals surface area contributed by atoms with Crippen LogP contribution in [-0.4, -0.2) is 38.1 Å². The molecular weight excluding hydrogens is 426 g/mol. The molecule has 1 unspecified atom stereocenters. The van der Waals surface area contributed by atoms with Gasteiger partial charge in [0.1, 0.15) is 23.3 Å². The Labute approximate surface area is 190 Å². The van der Waals surface area contributed by atoms with Crippen LogP contribution in [0.1, 0.15) is 22.9 Å². The lowest BCUT2D eigenvalue weighted by Crippen LogP contribution is -2.29. The van der Waals surface area contributed by atoms with Gasteiger partial charge in [-0.15, -0.1) is 0 Å². The van der Waals surface area contributed by atoms with Crippen LogP contribution in [0.15, 0.2) is 64.8 Å². The Hall–Kier alpha value is -4.20. The maximum atomic E-state index is 13.2. The van der Waals surface area contributed by atoms with Crippen LogP contribution < -0.4 is 19.1 Å². The first-order chi connectivity index (χ1) is 15.9. The number of hydrogen-bond donors (Lipinski definition) is 1. The van der Waals surface area contributed by atoms with Crippen LogP contribution in [-0.2, 0) is 9.59 Å². The van der Waals surface area contributed by atoms with Crippen molar-refractivity contribution >= 4 is 23.1 Å². The van der Waals surface area contributed by atoms with Crippen molar-refractivity contribution in [2.24, 2.45) is 0 Å². The number of benzene rings is 2. The lowest BCUT2D eigenvalue weighted by molar-refractivity contribution is -0.132. The number of methoxy groups -OCH3 is 3. The number of aliphatic hydroxyl groups is 1. The quantitative estimate of drug-likeness (QED) is 0.341. The molecule has 0 radical (unpaired) electrons. The second-order valence-corrected chi connectivity index (χ2v) is 7.40. The molecule has 1 saturated heterocycles. The van der Waals surface area contributed by atoms with Gasteiger partial charge in [-0.2, -0.15) is 0 Å². The van der Waals surface area contributed by atoms with Gasteiger partial charge in [0.2, 0.25) is 0 Å². The van der Waals surface area contributed by atoms with E-state index >= 15 is 0 Å². The van der Waals surface area contributed by atoms with Crippen molar-refractivity contribution in [3.63, 3.8) is 0 Å². The number of Topliss-reactive ketones (excluding diaryl/α,β-unsaturated/α-hetero) is 1. The number of rotatable bonds is 6. The molecule has 1 N–H and O–H groups in total. The fourth-order valence-electron chi connectivity index (χ4n) is 3.96. The molecule has 1 aliphatic rings. The van der Waals surface area contributed by atoms with E-state index in [0.717, 1.165) is 0 Å². The summed E-state index contributed by atoms with van der Waals surface area (Å²) in [5.74, 6) is -0.107. The first kappa shape index (κ1) is 22.0. The van der Waals surface area contributed by atoms with E-state index in [1.54, 1.807) is 62.6 Å². The van der Waals surface area contributed by atoms with Gasteiger partial charge in [0.25, 0.3) is 11.7 Å². The minimum atomic E-state index is -0.973. The number of furan rings is 1. The molecule has 1 atom stereocenters. The number of ether oxygens (including phenoxy) is 3. The third kappa shape index (κ3) is 3.69. The highest BCUT2D eigenvalue weighted by atomic mass is 16.5. The average molecular weight is 449 g/mol. The molecule has 0 aliphatic carbocycles. The summed E-state index contributed by atoms with van der Waals surface area (Å²) in [6.45, 7) is 1.78. The van der Waals surface area contributed by atoms with Crippen molar-refractivity contribution < 1.29 is 33.3 Å². The number of anilines is 1. The minimum absolute atomic E-state index is 0.0713. The molecule has 2 heterocycles. The van der Waals surface area contributed by atoms with Gasteiger partial charge in [-0.1, -0.05) is 0 Å². The fourth-order valence-corrected chi connectivity index (χ4v) is 3.96. The predicted molar refractivity (Wildman–Crippen MR) is 121 cm³/mol. The van der Waals surface area contributed by atoms with Crippen LogP contribution in [0.25, 0.3) is 5.76 Å². The van der Waals surface area contributed by atoms with Crippen LogP contribution in [0.5, 0.6) is 17.2 Å². The summed E-state index contributed by atoms with van der Waals surface area (Å²) in [6.07, 6.45) is 1.45. The molecule has 33 heavy (non-hydrogen) atoms. The molecule has 170 valence electrons. The molecule has 3 aromatic rings. The van der Waals surface area contributed by atoms with Crippen molar-refractivity contribution in [1.29, 1.82) is 0 Å². The number of amides is 1. The van der Waals surface area contributed by atoms with Crippen LogP contribution in [0, 0.1) is 6.92 Å². The summed E-state index contributed by atoms with van der Waals surface area (Å²) in [4.78, 5) is 27.7. The second kappa shape index (κ2) is 8.74. The third-order valence-electron chi connectivity index (χ3n) is 5.59. The Bertz CT molecular complexity index is 1240. The van der Waals surface area contributed by atoms with Crippen LogP contribution in [0.3, 0.4) is 0 Å². The van der Waals surface area contributed by atoms with Gasteiger partial charge >= 0.3 is 0 Å². The van der Waals surface area contributed by atoms with Crippen LogP contribution >= 0.6 is 0 Å². The van der Waals surface area contributed by atoms with E-state index in [1.807, 2.05) is 0 Å². The molecule has 8 heteroatoms. The van der Waals surface area contributed by atoms with Crippen molar-refractivity contribution in [1.82, 2.24) is 0 Å². The van der Waals surface area contributed by atoms with E-state index in [0.29, 0.717) is 39.8 Å². The Morgan fingerprint density at radius 3 is 2.33 bits per heavy atom. The molecule has 1 aromatic heterocycles. The number of nitrogens with zero attached hydrogens (tertiary/aromatic N) is 1. The summed E-state index contributed by atoms with van der Waals surface area (Å²) in [6, 6.07) is 12.3. The highest BCUT2D eigenvalue weighted by molar-refractivity contribution is 6.51. The van der Waals surface area contributed by atoms with Crippen LogP contribution in [0.2, 0.25) is 0 Å². The van der Waals surface area contributed by atoms with Gasteiger partial charge in [-0.25, -0.2) is 0 Å². The molecule has 8 nitrogen and oxygen atoms in total. The smallest absolute Gasteiger partial charge is 0.300 e. The number of carbonyl (C=O) groups excluding carboxylic acids is 2. The van der Waals surface area contributed by atoms with Crippen molar-refractivity contribution in [2.75, 3.05) is 26.2 Å². The van der Waals surface area contributed by atoms with Gasteiger partial charge in [0.05, 0.1) is 33.2 Å². The first-order valence-electron chi connectivity index (χ1n) is 10.1. The SMILES string of the molecule is COc1ccc(/C(O)=C2/C(=O)C(=O)N(c3ccc(OC)c(OC)c3)C2c2ccco2)c(C)c1. The molecule has 1 amide bonds. The molecule has 0 saturated carbocycles. The zero-order valence-corrected chi connectivity index (χ0v) is 18.6. The average Bonchev–Trinajstić information content (AvgIpc) is 3.45. The summed E-state index contributed by atoms with van der Waals surface area (Å²) in [7, 11) is 4.52. The monoisotopic (exact) mass is 449 g/mol. The maximum absolute atomic E-state index is 13.2. The number of hydrogen-bond acceptors (Lipinski definition) is 7. The number of aliphatic hydroxyl groups excluding tert-OH is 1. The number of aryl methyl sites for hydroxylation is 1. The van der Waals surface area contributed by atoms with E-state index in [2.05, 4.69) is 0 Å². The second-order valence-electron chi connectivity index (χ2n) is 7.40. The summed E-state index contributed by atoms with van der Waals surface area (Å²) >= 11 is 0. The largest absolute Gasteiger partial charge is 0.507 e. The van der Waals surface area contributed by atoms with Crippen molar-refractivity contribution in [3.05, 3.63) is 77.3 Å². The van der Waals surface area contributed by atoms with Crippen molar-refractivity contribution in [3.8, 4) is 17.2 Å². The fraction of sp³-hybridized carbons (Fsp3) is 0.200. The van der Waals surface area contributed by atoms with Gasteiger partial charge in [-0.3, -0.25) is 14.5 Å². The van der Waals surface area contributed by atoms with Gasteiger partial charge in [0.15, 0.2) is 11.5 Å². The van der Waals surface area contributed by atoms with E-state index < -0.39 is 17.7 Å².